The van der Waals surface area contributed by atoms with Crippen molar-refractivity contribution < 1.29 is 61.3 Å². The van der Waals surface area contributed by atoms with E-state index in [1.807, 2.05) is 13.0 Å². The van der Waals surface area contributed by atoms with E-state index in [0.29, 0.717) is 38.5 Å². The summed E-state index contributed by atoms with van der Waals surface area (Å²) in [6.45, 7) is 26.1. The van der Waals surface area contributed by atoms with Gasteiger partial charge in [0.1, 0.15) is 47.9 Å². The molecule has 2 saturated heterocycles. The summed E-state index contributed by atoms with van der Waals surface area (Å²) in [5, 5.41) is 21.0. The number of methoxy groups -OCH3 is 3. The molecule has 0 saturated carbocycles. The molecular formula is C43H68Br2F2N2O11Si2. The Morgan fingerprint density at radius 1 is 0.919 bits per heavy atom. The molecule has 13 nitrogen and oxygen atoms in total. The predicted octanol–water partition coefficient (Wildman–Crippen LogP) is 9.57. The zero-order valence-corrected chi connectivity index (χ0v) is 44.0. The summed E-state index contributed by atoms with van der Waals surface area (Å²) in [7, 11) is 0.480. The first kappa shape index (κ1) is 55.8. The lowest BCUT2D eigenvalue weighted by Crippen LogP contribution is -2.44. The summed E-state index contributed by atoms with van der Waals surface area (Å²) in [6, 6.07) is 5.10. The van der Waals surface area contributed by atoms with E-state index in [2.05, 4.69) is 104 Å². The summed E-state index contributed by atoms with van der Waals surface area (Å²) < 4.78 is 62.0. The Morgan fingerprint density at radius 3 is 1.90 bits per heavy atom. The number of halogens is 4. The van der Waals surface area contributed by atoms with Gasteiger partial charge in [0.25, 0.3) is 0 Å². The van der Waals surface area contributed by atoms with Crippen LogP contribution in [0.3, 0.4) is 0 Å². The highest BCUT2D eigenvalue weighted by Crippen LogP contribution is 2.43. The van der Waals surface area contributed by atoms with Gasteiger partial charge in [-0.25, -0.2) is 8.78 Å². The van der Waals surface area contributed by atoms with Gasteiger partial charge in [-0.1, -0.05) is 53.7 Å². The highest BCUT2D eigenvalue weighted by molar-refractivity contribution is 9.11. The summed E-state index contributed by atoms with van der Waals surface area (Å²) in [4.78, 5) is 29.7. The van der Waals surface area contributed by atoms with E-state index >= 15 is 0 Å². The number of cyclic esters (lactones) is 1. The Hall–Kier alpha value is -2.31. The van der Waals surface area contributed by atoms with Crippen molar-refractivity contribution in [2.75, 3.05) is 41.1 Å². The fourth-order valence-corrected chi connectivity index (χ4v) is 8.90. The maximum atomic E-state index is 14.6. The second-order valence-corrected chi connectivity index (χ2v) is 29.5. The Labute approximate surface area is 385 Å². The lowest BCUT2D eigenvalue weighted by molar-refractivity contribution is -0.195. The van der Waals surface area contributed by atoms with Crippen LogP contribution in [-0.4, -0.2) is 114 Å². The number of carbonyl (C=O) groups excluding carboxylic acids is 2. The molecule has 2 heterocycles. The van der Waals surface area contributed by atoms with Gasteiger partial charge >= 0.3 is 11.9 Å². The molecule has 4 rings (SSSR count). The lowest BCUT2D eigenvalue weighted by Gasteiger charge is -2.37. The molecule has 2 aromatic carbocycles. The van der Waals surface area contributed by atoms with E-state index in [4.69, 9.17) is 33.0 Å². The molecule has 0 aromatic heterocycles. The number of aliphatic hydroxyl groups is 1. The fourth-order valence-electron chi connectivity index (χ4n) is 5.87. The molecular weight excluding hydrogens is 974 g/mol. The number of hydrogen-bond acceptors (Lipinski definition) is 13. The summed E-state index contributed by atoms with van der Waals surface area (Å²) in [5.41, 5.74) is 0.474. The van der Waals surface area contributed by atoms with Gasteiger partial charge in [-0.05, 0) is 106 Å². The van der Waals surface area contributed by atoms with Crippen LogP contribution in [0.4, 0.5) is 8.78 Å². The molecule has 19 heteroatoms. The smallest absolute Gasteiger partial charge is 0.326 e. The normalized spacial score (nSPS) is 19.9. The quantitative estimate of drug-likeness (QED) is 0.0757. The summed E-state index contributed by atoms with van der Waals surface area (Å²) in [5.74, 6) is -1.43. The van der Waals surface area contributed by atoms with Crippen LogP contribution in [0.15, 0.2) is 45.4 Å². The van der Waals surface area contributed by atoms with Crippen molar-refractivity contribution >= 4 is 60.4 Å². The highest BCUT2D eigenvalue weighted by Gasteiger charge is 2.57. The highest BCUT2D eigenvalue weighted by atomic mass is 79.9. The number of hydrogen-bond donors (Lipinski definition) is 2. The monoisotopic (exact) mass is 1040 g/mol. The third-order valence-electron chi connectivity index (χ3n) is 11.5. The molecule has 0 bridgehead atoms. The van der Waals surface area contributed by atoms with E-state index in [1.54, 1.807) is 19.1 Å². The van der Waals surface area contributed by atoms with Gasteiger partial charge in [0.2, 0.25) is 0 Å². The van der Waals surface area contributed by atoms with Crippen LogP contribution < -0.4 is 9.47 Å². The van der Waals surface area contributed by atoms with Gasteiger partial charge in [-0.3, -0.25) is 14.4 Å². The number of aliphatic hydroxyl groups excluding tert-OH is 1. The van der Waals surface area contributed by atoms with Crippen LogP contribution in [0, 0.1) is 17.6 Å². The van der Waals surface area contributed by atoms with E-state index in [9.17, 15) is 23.6 Å². The van der Waals surface area contributed by atoms with Gasteiger partial charge in [0, 0.05) is 11.1 Å². The topological polar surface area (TPSA) is 146 Å². The Balaban J connectivity index is 0.000000353. The van der Waals surface area contributed by atoms with Crippen LogP contribution in [0.25, 0.3) is 0 Å². The molecule has 0 aliphatic carbocycles. The number of benzene rings is 2. The number of hydroxylamine groups is 4. The molecule has 2 fully saturated rings. The van der Waals surface area contributed by atoms with Gasteiger partial charge < -0.3 is 38.1 Å². The average molecular weight is 1040 g/mol. The SMILES string of the molecule is COC(=O)CN(O)Cc1c(F)ccc(Br)c1OC.COc1c(Br)ccc(F)c1CN1O[C@@H](CO[Si](C)(C)C(C)(C)C)C2C1C(=O)O[C@H]2C.C[C@H](O)/C=C\CO[Si](C)(C)C(C)(C)C. The molecule has 0 radical (unpaired) electrons. The summed E-state index contributed by atoms with van der Waals surface area (Å²) in [6.07, 6.45) is 2.64. The standard InChI is InChI=1S/C21H31BrFNO5Si.C11H13BrFNO4.C11H24O2Si/c1-12-17-16(11-27-30(6,7)21(2,3)4)29-24(18(17)20(25)28-12)10-13-15(23)9-8-14(22)19(13)26-5;1-17-10(15)6-14(16)5-7-9(13)4-3-8(12)11(7)18-2;1-10(12)8-7-9-13-14(5,6)11(2,3)4/h8-9,12,16-18H,10-11H2,1-7H3;3-4,16H,5-6H2,1-2H3;7-8,10,12H,9H2,1-6H3/b;;8-7-/t12-,16-,17?,18?;;10-/m0.0/s1. The lowest BCUT2D eigenvalue weighted by atomic mass is 9.93. The van der Waals surface area contributed by atoms with Crippen molar-refractivity contribution in [3.05, 3.63) is 68.1 Å². The maximum absolute atomic E-state index is 14.6. The molecule has 2 aromatic rings. The molecule has 62 heavy (non-hydrogen) atoms. The number of nitrogens with zero attached hydrogens (tertiary/aromatic N) is 2. The average Bonchev–Trinajstić information content (AvgIpc) is 3.68. The molecule has 0 spiro atoms. The Morgan fingerprint density at radius 2 is 1.42 bits per heavy atom. The van der Waals surface area contributed by atoms with Gasteiger partial charge in [0.05, 0.1) is 68.6 Å². The van der Waals surface area contributed by atoms with Crippen LogP contribution >= 0.6 is 31.9 Å². The van der Waals surface area contributed by atoms with Gasteiger partial charge in [-0.15, -0.1) is 0 Å². The zero-order chi connectivity index (χ0) is 47.5. The van der Waals surface area contributed by atoms with E-state index in [0.717, 1.165) is 0 Å². The molecule has 5 atom stereocenters. The van der Waals surface area contributed by atoms with Gasteiger partial charge in [-0.2, -0.15) is 10.1 Å². The minimum absolute atomic E-state index is 0.0606. The van der Waals surface area contributed by atoms with E-state index in [1.165, 1.54) is 44.6 Å². The Bertz CT molecular complexity index is 1830. The van der Waals surface area contributed by atoms with Crippen LogP contribution in [0.2, 0.25) is 36.3 Å². The summed E-state index contributed by atoms with van der Waals surface area (Å²) >= 11 is 6.60. The second kappa shape index (κ2) is 23.8. The second-order valence-electron chi connectivity index (χ2n) is 18.2. The first-order chi connectivity index (χ1) is 28.5. The van der Waals surface area contributed by atoms with Crippen LogP contribution in [0.5, 0.6) is 11.5 Å². The van der Waals surface area contributed by atoms with Crippen LogP contribution in [-0.2, 0) is 45.8 Å². The van der Waals surface area contributed by atoms with Crippen molar-refractivity contribution in [1.29, 1.82) is 0 Å². The molecule has 2 unspecified atom stereocenters. The largest absolute Gasteiger partial charge is 0.495 e. The van der Waals surface area contributed by atoms with Gasteiger partial charge in [0.15, 0.2) is 16.6 Å². The third kappa shape index (κ3) is 15.4. The minimum atomic E-state index is -1.99. The number of fused-ring (bicyclic) bond motifs is 1. The van der Waals surface area contributed by atoms with E-state index in [-0.39, 0.29) is 71.2 Å². The predicted molar refractivity (Wildman–Crippen MR) is 246 cm³/mol. The number of esters is 2. The first-order valence-electron chi connectivity index (χ1n) is 20.3. The third-order valence-corrected chi connectivity index (χ3v) is 21.8. The zero-order valence-electron chi connectivity index (χ0n) is 38.9. The fraction of sp³-hybridized carbons (Fsp3) is 0.628. The number of rotatable bonds is 15. The molecule has 352 valence electrons. The minimum Gasteiger partial charge on any atom is -0.495 e. The molecule has 2 aliphatic rings. The molecule has 2 N–H and O–H groups in total. The van der Waals surface area contributed by atoms with Crippen molar-refractivity contribution in [2.45, 2.75) is 129 Å². The van der Waals surface area contributed by atoms with E-state index < -0.39 is 40.3 Å². The van der Waals surface area contributed by atoms with Crippen molar-refractivity contribution in [3.8, 4) is 11.5 Å². The Kier molecular flexibility index (Phi) is 21.4. The molecule has 2 aliphatic heterocycles. The number of ether oxygens (including phenoxy) is 4. The van der Waals surface area contributed by atoms with Crippen molar-refractivity contribution in [3.63, 3.8) is 0 Å². The maximum Gasteiger partial charge on any atom is 0.326 e. The first-order valence-corrected chi connectivity index (χ1v) is 27.7. The van der Waals surface area contributed by atoms with Crippen LogP contribution in [0.1, 0.15) is 66.5 Å². The van der Waals surface area contributed by atoms with Crippen molar-refractivity contribution in [1.82, 2.24) is 10.1 Å². The number of carbonyl (C=O) groups is 2. The molecule has 0 amide bonds. The van der Waals surface area contributed by atoms with Crippen molar-refractivity contribution in [2.24, 2.45) is 5.92 Å².